The summed E-state index contributed by atoms with van der Waals surface area (Å²) in [6.07, 6.45) is -3.19. The summed E-state index contributed by atoms with van der Waals surface area (Å²) in [5, 5.41) is 17.0. The molecule has 0 aliphatic heterocycles. The van der Waals surface area contributed by atoms with Crippen molar-refractivity contribution in [3.05, 3.63) is 47.3 Å². The molecule has 0 aliphatic rings. The number of nitrogens with one attached hydrogen (secondary N) is 1. The summed E-state index contributed by atoms with van der Waals surface area (Å²) >= 11 is 0. The van der Waals surface area contributed by atoms with Gasteiger partial charge in [0.05, 0.1) is 17.9 Å². The number of halogens is 3. The number of nitrogens with zero attached hydrogens (tertiary/aromatic N) is 8. The lowest BCUT2D eigenvalue weighted by atomic mass is 10.1. The van der Waals surface area contributed by atoms with Crippen LogP contribution in [-0.2, 0) is 38.2 Å². The highest BCUT2D eigenvalue weighted by molar-refractivity contribution is 6.04. The van der Waals surface area contributed by atoms with Crippen LogP contribution in [0.3, 0.4) is 0 Å². The van der Waals surface area contributed by atoms with Crippen LogP contribution in [0.4, 0.5) is 19.1 Å². The average Bonchev–Trinajstić information content (AvgIpc) is 3.25. The smallest absolute Gasteiger partial charge is 0.367 e. The van der Waals surface area contributed by atoms with Gasteiger partial charge in [0.25, 0.3) is 5.91 Å². The lowest BCUT2D eigenvalue weighted by Gasteiger charge is -2.12. The first-order valence-corrected chi connectivity index (χ1v) is 8.40. The fourth-order valence-corrected chi connectivity index (χ4v) is 2.41. The van der Waals surface area contributed by atoms with E-state index in [2.05, 4.69) is 42.5 Å². The van der Waals surface area contributed by atoms with Crippen LogP contribution < -0.4 is 5.32 Å². The summed E-state index contributed by atoms with van der Waals surface area (Å²) in [7, 11) is 3.15. The fourth-order valence-electron chi connectivity index (χ4n) is 2.41. The van der Waals surface area contributed by atoms with E-state index in [0.717, 1.165) is 6.07 Å². The molecule has 0 saturated carbocycles. The minimum absolute atomic E-state index is 0.0152. The lowest BCUT2D eigenvalue weighted by Crippen LogP contribution is -2.20. The molecule has 11 nitrogen and oxygen atoms in total. The number of anilines is 1. The topological polar surface area (TPSA) is 126 Å². The Morgan fingerprint density at radius 2 is 2.00 bits per heavy atom. The zero-order valence-corrected chi connectivity index (χ0v) is 15.9. The first-order valence-electron chi connectivity index (χ1n) is 8.40. The molecule has 0 spiro atoms. The molecule has 3 heterocycles. The molecule has 0 atom stereocenters. The van der Waals surface area contributed by atoms with E-state index in [9.17, 15) is 18.0 Å². The summed E-state index contributed by atoms with van der Waals surface area (Å²) < 4.78 is 47.3. The average molecular weight is 423 g/mol. The van der Waals surface area contributed by atoms with Crippen LogP contribution in [-0.4, -0.2) is 45.9 Å². The maximum atomic E-state index is 13.1. The van der Waals surface area contributed by atoms with Crippen LogP contribution in [0.15, 0.2) is 18.7 Å². The molecule has 158 valence electrons. The van der Waals surface area contributed by atoms with Crippen molar-refractivity contribution in [3.8, 4) is 0 Å². The number of tetrazole rings is 1. The number of aromatic nitrogens is 8. The van der Waals surface area contributed by atoms with Crippen molar-refractivity contribution in [2.75, 3.05) is 5.32 Å². The summed E-state index contributed by atoms with van der Waals surface area (Å²) in [4.78, 5) is 20.2. The van der Waals surface area contributed by atoms with Crippen molar-refractivity contribution in [1.82, 2.24) is 40.0 Å². The van der Waals surface area contributed by atoms with Crippen molar-refractivity contribution in [2.45, 2.75) is 19.4 Å². The molecule has 0 aliphatic carbocycles. The van der Waals surface area contributed by atoms with Gasteiger partial charge in [-0.05, 0) is 28.6 Å². The molecule has 0 radical (unpaired) electrons. The number of hydrogen-bond donors (Lipinski definition) is 1. The number of rotatable bonds is 7. The maximum absolute atomic E-state index is 13.1. The second kappa shape index (κ2) is 8.36. The lowest BCUT2D eigenvalue weighted by molar-refractivity contribution is -0.141. The standard InChI is InChI=1S/C16H16F3N9O2/c1-4-13-21-12(24-27(13)2)8-30-7-10-9(5-6-11(20-10)16(17,18)19)14(29)22-15-23-25-26-28(15)3/h4-6H,1,7-8H2,2-3H3,(H,22,23,26,29). The number of hydrogen-bond acceptors (Lipinski definition) is 8. The van der Waals surface area contributed by atoms with Gasteiger partial charge in [-0.1, -0.05) is 11.7 Å². The molecule has 0 fully saturated rings. The zero-order chi connectivity index (χ0) is 21.9. The molecule has 30 heavy (non-hydrogen) atoms. The number of ether oxygens (including phenoxy) is 1. The van der Waals surface area contributed by atoms with Crippen LogP contribution in [0.25, 0.3) is 6.08 Å². The van der Waals surface area contributed by atoms with Crippen LogP contribution in [0.5, 0.6) is 0 Å². The molecule has 1 amide bonds. The molecule has 0 bridgehead atoms. The van der Waals surface area contributed by atoms with Gasteiger partial charge in [0.2, 0.25) is 5.95 Å². The van der Waals surface area contributed by atoms with Gasteiger partial charge in [-0.3, -0.25) is 10.1 Å². The molecule has 3 aromatic heterocycles. The Labute approximate surface area is 167 Å². The van der Waals surface area contributed by atoms with E-state index in [0.29, 0.717) is 17.7 Å². The van der Waals surface area contributed by atoms with Crippen molar-refractivity contribution in [1.29, 1.82) is 0 Å². The SMILES string of the molecule is C=Cc1nc(COCc2nc(C(F)(F)F)ccc2C(=O)Nc2nnnn2C)nn1C. The summed E-state index contributed by atoms with van der Waals surface area (Å²) in [6, 6.07) is 1.73. The maximum Gasteiger partial charge on any atom is 0.433 e. The normalized spacial score (nSPS) is 11.5. The van der Waals surface area contributed by atoms with Gasteiger partial charge >= 0.3 is 6.18 Å². The number of alkyl halides is 3. The molecule has 1 N–H and O–H groups in total. The van der Waals surface area contributed by atoms with Gasteiger partial charge in [-0.15, -0.1) is 0 Å². The van der Waals surface area contributed by atoms with E-state index < -0.39 is 17.8 Å². The number of pyridine rings is 1. The highest BCUT2D eigenvalue weighted by Gasteiger charge is 2.33. The van der Waals surface area contributed by atoms with E-state index in [4.69, 9.17) is 4.74 Å². The first-order chi connectivity index (χ1) is 14.2. The third-order valence-electron chi connectivity index (χ3n) is 3.85. The zero-order valence-electron chi connectivity index (χ0n) is 15.9. The van der Waals surface area contributed by atoms with Gasteiger partial charge in [-0.25, -0.2) is 19.3 Å². The van der Waals surface area contributed by atoms with E-state index in [1.54, 1.807) is 7.05 Å². The number of aryl methyl sites for hydroxylation is 2. The molecule has 3 rings (SSSR count). The predicted molar refractivity (Wildman–Crippen MR) is 95.6 cm³/mol. The second-order valence-electron chi connectivity index (χ2n) is 5.98. The van der Waals surface area contributed by atoms with Crippen molar-refractivity contribution < 1.29 is 22.7 Å². The minimum Gasteiger partial charge on any atom is -0.367 e. The Balaban J connectivity index is 1.81. The Bertz CT molecular complexity index is 1070. The van der Waals surface area contributed by atoms with Crippen LogP contribution in [0.1, 0.15) is 33.4 Å². The molecular weight excluding hydrogens is 407 g/mol. The third-order valence-corrected chi connectivity index (χ3v) is 3.85. The first kappa shape index (κ1) is 21.0. The third kappa shape index (κ3) is 4.65. The number of amides is 1. The summed E-state index contributed by atoms with van der Waals surface area (Å²) in [5.74, 6) is 0.0812. The molecule has 0 saturated heterocycles. The number of carbonyl (C=O) groups is 1. The molecular formula is C16H16F3N9O2. The van der Waals surface area contributed by atoms with Crippen LogP contribution in [0.2, 0.25) is 0 Å². The Morgan fingerprint density at radius 3 is 2.60 bits per heavy atom. The van der Waals surface area contributed by atoms with E-state index in [-0.39, 0.29) is 30.4 Å². The summed E-state index contributed by atoms with van der Waals surface area (Å²) in [6.45, 7) is 3.11. The van der Waals surface area contributed by atoms with Crippen molar-refractivity contribution in [3.63, 3.8) is 0 Å². The molecule has 14 heteroatoms. The summed E-state index contributed by atoms with van der Waals surface area (Å²) in [5.41, 5.74) is -1.48. The Kier molecular flexibility index (Phi) is 5.86. The largest absolute Gasteiger partial charge is 0.433 e. The van der Waals surface area contributed by atoms with Crippen molar-refractivity contribution in [2.24, 2.45) is 14.1 Å². The van der Waals surface area contributed by atoms with E-state index in [1.807, 2.05) is 0 Å². The highest BCUT2D eigenvalue weighted by atomic mass is 19.4. The molecule has 0 unspecified atom stereocenters. The molecule has 3 aromatic rings. The number of carbonyl (C=O) groups excluding carboxylic acids is 1. The van der Waals surface area contributed by atoms with E-state index in [1.165, 1.54) is 22.5 Å². The fraction of sp³-hybridized carbons (Fsp3) is 0.312. The molecule has 0 aromatic carbocycles. The van der Waals surface area contributed by atoms with Crippen LogP contribution >= 0.6 is 0 Å². The van der Waals surface area contributed by atoms with Gasteiger partial charge in [-0.2, -0.15) is 18.3 Å². The Hall–Kier alpha value is -3.68. The quantitative estimate of drug-likeness (QED) is 0.604. The van der Waals surface area contributed by atoms with Gasteiger partial charge in [0.15, 0.2) is 5.82 Å². The van der Waals surface area contributed by atoms with Crippen LogP contribution in [0, 0.1) is 0 Å². The minimum atomic E-state index is -4.68. The van der Waals surface area contributed by atoms with E-state index >= 15 is 0 Å². The van der Waals surface area contributed by atoms with Gasteiger partial charge < -0.3 is 4.74 Å². The van der Waals surface area contributed by atoms with Gasteiger partial charge in [0, 0.05) is 14.1 Å². The van der Waals surface area contributed by atoms with Gasteiger partial charge in [0.1, 0.15) is 18.1 Å². The second-order valence-corrected chi connectivity index (χ2v) is 5.98. The monoisotopic (exact) mass is 423 g/mol. The van der Waals surface area contributed by atoms with Crippen molar-refractivity contribution >= 4 is 17.9 Å². The highest BCUT2D eigenvalue weighted by Crippen LogP contribution is 2.28. The Morgan fingerprint density at radius 1 is 1.23 bits per heavy atom. The predicted octanol–water partition coefficient (Wildman–Crippen LogP) is 1.36.